The highest BCUT2D eigenvalue weighted by Crippen LogP contribution is 2.28. The summed E-state index contributed by atoms with van der Waals surface area (Å²) in [6, 6.07) is 9.73. The van der Waals surface area contributed by atoms with E-state index in [-0.39, 0.29) is 0 Å². The summed E-state index contributed by atoms with van der Waals surface area (Å²) in [5, 5.41) is 21.6. The van der Waals surface area contributed by atoms with Crippen LogP contribution >= 0.6 is 0 Å². The van der Waals surface area contributed by atoms with Crippen LogP contribution in [0, 0.1) is 17.7 Å². The first-order valence-electron chi connectivity index (χ1n) is 12.3. The highest BCUT2D eigenvalue weighted by molar-refractivity contribution is 6.13. The third kappa shape index (κ3) is 5.44. The Morgan fingerprint density at radius 3 is 2.47 bits per heavy atom. The molecule has 4 rings (SSSR count). The summed E-state index contributed by atoms with van der Waals surface area (Å²) in [4.78, 5) is 7.39. The van der Waals surface area contributed by atoms with Crippen molar-refractivity contribution in [3.05, 3.63) is 47.5 Å². The molecular weight excluding hydrogens is 394 g/mol. The van der Waals surface area contributed by atoms with Crippen molar-refractivity contribution >= 4 is 28.1 Å². The van der Waals surface area contributed by atoms with Crippen LogP contribution in [0.3, 0.4) is 0 Å². The van der Waals surface area contributed by atoms with Gasteiger partial charge in [-0.2, -0.15) is 0 Å². The minimum Gasteiger partial charge on any atom is -0.356 e. The van der Waals surface area contributed by atoms with Crippen molar-refractivity contribution in [3.63, 3.8) is 0 Å². The number of nitrogens with zero attached hydrogens (tertiary/aromatic N) is 2. The van der Waals surface area contributed by atoms with Gasteiger partial charge in [-0.3, -0.25) is 0 Å². The van der Waals surface area contributed by atoms with Crippen LogP contribution in [-0.2, 0) is 0 Å². The van der Waals surface area contributed by atoms with Crippen LogP contribution in [-0.4, -0.2) is 41.6 Å². The molecule has 0 spiro atoms. The maximum Gasteiger partial charge on any atom is 0.138 e. The Morgan fingerprint density at radius 1 is 1.03 bits per heavy atom. The molecule has 1 saturated carbocycles. The Balaban J connectivity index is 1.55. The van der Waals surface area contributed by atoms with Crippen molar-refractivity contribution in [2.75, 3.05) is 18.0 Å². The molecule has 3 N–H and O–H groups in total. The van der Waals surface area contributed by atoms with Crippen LogP contribution in [0.4, 0.5) is 5.82 Å². The Kier molecular flexibility index (Phi) is 7.36. The summed E-state index contributed by atoms with van der Waals surface area (Å²) in [6.45, 7) is 5.98. The van der Waals surface area contributed by atoms with Crippen molar-refractivity contribution in [1.29, 1.82) is 10.8 Å². The van der Waals surface area contributed by atoms with Gasteiger partial charge in [-0.1, -0.05) is 37.8 Å². The first-order chi connectivity index (χ1) is 15.5. The fourth-order valence-electron chi connectivity index (χ4n) is 4.98. The predicted octanol–water partition coefficient (Wildman–Crippen LogP) is 5.79. The highest BCUT2D eigenvalue weighted by atomic mass is 15.2. The number of aromatic nitrogens is 1. The molecule has 1 aromatic heterocycles. The lowest BCUT2D eigenvalue weighted by molar-refractivity contribution is 0.307. The van der Waals surface area contributed by atoms with E-state index >= 15 is 0 Å². The van der Waals surface area contributed by atoms with Crippen molar-refractivity contribution in [2.45, 2.75) is 77.3 Å². The molecule has 0 radical (unpaired) electrons. The van der Waals surface area contributed by atoms with Crippen molar-refractivity contribution in [3.8, 4) is 0 Å². The smallest absolute Gasteiger partial charge is 0.138 e. The van der Waals surface area contributed by atoms with Gasteiger partial charge in [0.05, 0.1) is 11.2 Å². The Labute approximate surface area is 192 Å². The first-order valence-corrected chi connectivity index (χ1v) is 12.3. The van der Waals surface area contributed by atoms with Crippen LogP contribution in [0.5, 0.6) is 0 Å². The SMILES string of the molecule is CCC(=N)/C=C\C(=N)c1cc2cc(C)ccc2nc1N1CCC(NC2CCCCC2)CC1. The molecule has 1 aliphatic heterocycles. The molecule has 2 fully saturated rings. The molecule has 5 heteroatoms. The summed E-state index contributed by atoms with van der Waals surface area (Å²) in [5.41, 5.74) is 4.01. The fraction of sp³-hybridized carbons (Fsp3) is 0.519. The van der Waals surface area contributed by atoms with Crippen LogP contribution in [0.2, 0.25) is 0 Å². The summed E-state index contributed by atoms with van der Waals surface area (Å²) < 4.78 is 0. The molecule has 1 aliphatic carbocycles. The van der Waals surface area contributed by atoms with Gasteiger partial charge in [-0.15, -0.1) is 0 Å². The minimum atomic E-state index is 0.427. The molecule has 0 bridgehead atoms. The van der Waals surface area contributed by atoms with E-state index in [0.29, 0.717) is 29.9 Å². The molecular formula is C27H37N5. The molecule has 1 saturated heterocycles. The van der Waals surface area contributed by atoms with Gasteiger partial charge >= 0.3 is 0 Å². The lowest BCUT2D eigenvalue weighted by Gasteiger charge is -2.37. The van der Waals surface area contributed by atoms with Gasteiger partial charge in [0.1, 0.15) is 5.82 Å². The molecule has 170 valence electrons. The molecule has 32 heavy (non-hydrogen) atoms. The topological polar surface area (TPSA) is 75.9 Å². The molecule has 0 unspecified atom stereocenters. The summed E-state index contributed by atoms with van der Waals surface area (Å²) in [7, 11) is 0. The maximum atomic E-state index is 8.73. The number of pyridine rings is 1. The molecule has 2 heterocycles. The van der Waals surface area contributed by atoms with Crippen LogP contribution in [0.1, 0.15) is 69.4 Å². The van der Waals surface area contributed by atoms with Gasteiger partial charge in [0.2, 0.25) is 0 Å². The van der Waals surface area contributed by atoms with Gasteiger partial charge in [-0.05, 0) is 69.4 Å². The standard InChI is InChI=1S/C27H37N5/c1-3-21(28)10-11-25(29)24-18-20-17-19(2)9-12-26(20)31-27(24)32-15-13-23(14-16-32)30-22-7-5-4-6-8-22/h9-12,17-18,22-23,28-30H,3-8,13-16H2,1-2H3/b11-10-,28-21?,29-25?. The number of anilines is 1. The first kappa shape index (κ1) is 22.7. The highest BCUT2D eigenvalue weighted by Gasteiger charge is 2.25. The number of fused-ring (bicyclic) bond motifs is 1. The number of piperidine rings is 1. The third-order valence-electron chi connectivity index (χ3n) is 6.94. The molecule has 1 aromatic carbocycles. The quantitative estimate of drug-likeness (QED) is 0.486. The summed E-state index contributed by atoms with van der Waals surface area (Å²) in [6.07, 6.45) is 13.2. The average Bonchev–Trinajstić information content (AvgIpc) is 2.82. The average molecular weight is 432 g/mol. The van der Waals surface area contributed by atoms with E-state index in [1.807, 2.05) is 6.92 Å². The van der Waals surface area contributed by atoms with Gasteiger partial charge in [-0.25, -0.2) is 4.98 Å². The van der Waals surface area contributed by atoms with E-state index in [2.05, 4.69) is 41.4 Å². The largest absolute Gasteiger partial charge is 0.356 e. The Bertz CT molecular complexity index is 995. The molecule has 0 amide bonds. The monoisotopic (exact) mass is 431 g/mol. The van der Waals surface area contributed by atoms with E-state index < -0.39 is 0 Å². The van der Waals surface area contributed by atoms with E-state index in [9.17, 15) is 0 Å². The number of hydrogen-bond acceptors (Lipinski definition) is 5. The number of rotatable bonds is 7. The number of nitrogens with one attached hydrogen (secondary N) is 3. The van der Waals surface area contributed by atoms with E-state index in [1.165, 1.54) is 37.7 Å². The number of hydrogen-bond donors (Lipinski definition) is 3. The van der Waals surface area contributed by atoms with Gasteiger partial charge in [0, 0.05) is 41.8 Å². The maximum absolute atomic E-state index is 8.73. The van der Waals surface area contributed by atoms with Crippen LogP contribution in [0.15, 0.2) is 36.4 Å². The lowest BCUT2D eigenvalue weighted by atomic mass is 9.93. The lowest BCUT2D eigenvalue weighted by Crippen LogP contribution is -2.47. The molecule has 2 aromatic rings. The third-order valence-corrected chi connectivity index (χ3v) is 6.94. The second-order valence-electron chi connectivity index (χ2n) is 9.44. The number of benzene rings is 1. The predicted molar refractivity (Wildman–Crippen MR) is 136 cm³/mol. The Morgan fingerprint density at radius 2 is 1.75 bits per heavy atom. The molecule has 0 atom stereocenters. The molecule has 2 aliphatic rings. The van der Waals surface area contributed by atoms with Crippen LogP contribution < -0.4 is 10.2 Å². The summed E-state index contributed by atoms with van der Waals surface area (Å²) in [5.74, 6) is 0.912. The van der Waals surface area contributed by atoms with Gasteiger partial charge < -0.3 is 21.0 Å². The fourth-order valence-corrected chi connectivity index (χ4v) is 4.98. The van der Waals surface area contributed by atoms with Gasteiger partial charge in [0.25, 0.3) is 0 Å². The Hall–Kier alpha value is -2.53. The second kappa shape index (κ2) is 10.4. The van der Waals surface area contributed by atoms with Gasteiger partial charge in [0.15, 0.2) is 0 Å². The van der Waals surface area contributed by atoms with Crippen LogP contribution in [0.25, 0.3) is 10.9 Å². The zero-order chi connectivity index (χ0) is 22.5. The number of aryl methyl sites for hydroxylation is 1. The van der Waals surface area contributed by atoms with Crippen molar-refractivity contribution < 1.29 is 0 Å². The van der Waals surface area contributed by atoms with E-state index in [0.717, 1.165) is 48.2 Å². The van der Waals surface area contributed by atoms with E-state index in [1.54, 1.807) is 12.2 Å². The van der Waals surface area contributed by atoms with Crippen molar-refractivity contribution in [2.24, 2.45) is 0 Å². The zero-order valence-electron chi connectivity index (χ0n) is 19.6. The number of allylic oxidation sites excluding steroid dienone is 2. The zero-order valence-corrected chi connectivity index (χ0v) is 19.6. The van der Waals surface area contributed by atoms with E-state index in [4.69, 9.17) is 15.8 Å². The normalized spacial score (nSPS) is 18.5. The second-order valence-corrected chi connectivity index (χ2v) is 9.44. The summed E-state index contributed by atoms with van der Waals surface area (Å²) >= 11 is 0. The minimum absolute atomic E-state index is 0.427. The van der Waals surface area contributed by atoms with Crippen molar-refractivity contribution in [1.82, 2.24) is 10.3 Å². The molecule has 5 nitrogen and oxygen atoms in total.